The van der Waals surface area contributed by atoms with E-state index in [1.807, 2.05) is 0 Å². The molecule has 1 aromatic carbocycles. The van der Waals surface area contributed by atoms with Gasteiger partial charge in [-0.2, -0.15) is 0 Å². The maximum Gasteiger partial charge on any atom is 0.340 e. The number of H-pyrrole nitrogens is 1. The number of aromatic nitrogens is 1. The number of nitrogens with one attached hydrogen (secondary N) is 1. The molecule has 72 valence electrons. The monoisotopic (exact) mass is 191 g/mol. The second kappa shape index (κ2) is 3.06. The lowest BCUT2D eigenvalue weighted by Gasteiger charge is -2.05. The Morgan fingerprint density at radius 1 is 1.43 bits per heavy atom. The number of aromatic carboxylic acids is 1. The van der Waals surface area contributed by atoms with E-state index in [-0.39, 0.29) is 5.56 Å². The molecule has 0 aliphatic rings. The Balaban J connectivity index is 2.82. The van der Waals surface area contributed by atoms with E-state index in [1.165, 1.54) is 7.11 Å². The molecule has 0 radical (unpaired) electrons. The number of rotatable bonds is 2. The van der Waals surface area contributed by atoms with Crippen molar-refractivity contribution in [3.8, 4) is 5.75 Å². The number of carbonyl (C=O) groups is 1. The van der Waals surface area contributed by atoms with Crippen molar-refractivity contribution >= 4 is 16.9 Å². The largest absolute Gasteiger partial charge is 0.496 e. The minimum Gasteiger partial charge on any atom is -0.496 e. The first-order valence-electron chi connectivity index (χ1n) is 4.11. The van der Waals surface area contributed by atoms with Crippen molar-refractivity contribution < 1.29 is 14.6 Å². The maximum atomic E-state index is 11.0. The zero-order chi connectivity index (χ0) is 10.1. The van der Waals surface area contributed by atoms with Gasteiger partial charge in [0.2, 0.25) is 0 Å². The van der Waals surface area contributed by atoms with Gasteiger partial charge in [0.25, 0.3) is 0 Å². The van der Waals surface area contributed by atoms with E-state index < -0.39 is 5.97 Å². The lowest BCUT2D eigenvalue weighted by molar-refractivity contribution is 0.0695. The Labute approximate surface area is 80.1 Å². The van der Waals surface area contributed by atoms with Gasteiger partial charge in [-0.25, -0.2) is 4.79 Å². The third-order valence-electron chi connectivity index (χ3n) is 2.13. The minimum absolute atomic E-state index is 0.200. The summed E-state index contributed by atoms with van der Waals surface area (Å²) in [6.07, 6.45) is 1.70. The molecule has 1 heterocycles. The number of benzene rings is 1. The summed E-state index contributed by atoms with van der Waals surface area (Å²) in [5.74, 6) is -0.600. The van der Waals surface area contributed by atoms with Crippen molar-refractivity contribution in [3.63, 3.8) is 0 Å². The zero-order valence-corrected chi connectivity index (χ0v) is 7.57. The molecule has 0 amide bonds. The molecule has 0 aliphatic heterocycles. The van der Waals surface area contributed by atoms with Gasteiger partial charge < -0.3 is 14.8 Å². The topological polar surface area (TPSA) is 62.3 Å². The van der Waals surface area contributed by atoms with Crippen LogP contribution < -0.4 is 4.74 Å². The molecule has 14 heavy (non-hydrogen) atoms. The highest BCUT2D eigenvalue weighted by Crippen LogP contribution is 2.26. The van der Waals surface area contributed by atoms with Crippen LogP contribution in [0.15, 0.2) is 24.4 Å². The Morgan fingerprint density at radius 3 is 2.86 bits per heavy atom. The summed E-state index contributed by atoms with van der Waals surface area (Å²) in [4.78, 5) is 13.9. The summed E-state index contributed by atoms with van der Waals surface area (Å²) >= 11 is 0. The highest BCUT2D eigenvalue weighted by Gasteiger charge is 2.15. The van der Waals surface area contributed by atoms with Crippen LogP contribution in [0.4, 0.5) is 0 Å². The molecule has 0 saturated heterocycles. The highest BCUT2D eigenvalue weighted by molar-refractivity contribution is 6.05. The molecule has 0 atom stereocenters. The Morgan fingerprint density at radius 2 is 2.21 bits per heavy atom. The predicted molar refractivity (Wildman–Crippen MR) is 51.8 cm³/mol. The van der Waals surface area contributed by atoms with Gasteiger partial charge in [0.15, 0.2) is 0 Å². The number of hydrogen-bond acceptors (Lipinski definition) is 2. The van der Waals surface area contributed by atoms with Crippen LogP contribution in [0.3, 0.4) is 0 Å². The van der Waals surface area contributed by atoms with Crippen LogP contribution in [0.25, 0.3) is 10.9 Å². The molecule has 1 aromatic heterocycles. The van der Waals surface area contributed by atoms with E-state index in [4.69, 9.17) is 9.84 Å². The molecule has 0 fully saturated rings. The number of aromatic amines is 1. The maximum absolute atomic E-state index is 11.0. The Bertz CT molecular complexity index is 487. The summed E-state index contributed by atoms with van der Waals surface area (Å²) in [7, 11) is 1.46. The van der Waals surface area contributed by atoms with Crippen LogP contribution in [0.1, 0.15) is 10.4 Å². The van der Waals surface area contributed by atoms with Gasteiger partial charge in [-0.1, -0.05) is 0 Å². The van der Waals surface area contributed by atoms with Crippen molar-refractivity contribution in [2.75, 3.05) is 7.11 Å². The fourth-order valence-corrected chi connectivity index (χ4v) is 1.50. The summed E-state index contributed by atoms with van der Waals surface area (Å²) in [6, 6.07) is 5.16. The van der Waals surface area contributed by atoms with Gasteiger partial charge in [0.1, 0.15) is 11.3 Å². The van der Waals surface area contributed by atoms with Crippen molar-refractivity contribution in [1.29, 1.82) is 0 Å². The van der Waals surface area contributed by atoms with E-state index >= 15 is 0 Å². The van der Waals surface area contributed by atoms with Gasteiger partial charge in [-0.15, -0.1) is 0 Å². The second-order valence-electron chi connectivity index (χ2n) is 2.89. The Hall–Kier alpha value is -1.97. The lowest BCUT2D eigenvalue weighted by atomic mass is 10.1. The first-order valence-corrected chi connectivity index (χ1v) is 4.11. The summed E-state index contributed by atoms with van der Waals surface area (Å²) in [5.41, 5.74) is 0.995. The SMILES string of the molecule is COc1ccc2[nH]ccc2c1C(=O)O. The van der Waals surface area contributed by atoms with Crippen LogP contribution in [0.5, 0.6) is 5.75 Å². The molecule has 0 aliphatic carbocycles. The first-order chi connectivity index (χ1) is 6.74. The second-order valence-corrected chi connectivity index (χ2v) is 2.89. The number of carboxylic acids is 1. The average molecular weight is 191 g/mol. The van der Waals surface area contributed by atoms with Crippen molar-refractivity contribution in [3.05, 3.63) is 30.0 Å². The van der Waals surface area contributed by atoms with E-state index in [0.29, 0.717) is 11.1 Å². The van der Waals surface area contributed by atoms with E-state index in [9.17, 15) is 4.79 Å². The summed E-state index contributed by atoms with van der Waals surface area (Å²) in [6.45, 7) is 0. The normalized spacial score (nSPS) is 10.4. The van der Waals surface area contributed by atoms with Crippen LogP contribution in [-0.4, -0.2) is 23.2 Å². The van der Waals surface area contributed by atoms with E-state index in [2.05, 4.69) is 4.98 Å². The number of fused-ring (bicyclic) bond motifs is 1. The number of ether oxygens (including phenoxy) is 1. The number of hydrogen-bond donors (Lipinski definition) is 2. The molecular weight excluding hydrogens is 182 g/mol. The fourth-order valence-electron chi connectivity index (χ4n) is 1.50. The Kier molecular flexibility index (Phi) is 1.89. The molecular formula is C10H9NO3. The van der Waals surface area contributed by atoms with Crippen LogP contribution in [0, 0.1) is 0 Å². The third-order valence-corrected chi connectivity index (χ3v) is 2.13. The molecule has 0 spiro atoms. The van der Waals surface area contributed by atoms with Gasteiger partial charge in [-0.3, -0.25) is 0 Å². The average Bonchev–Trinajstić information content (AvgIpc) is 2.62. The lowest BCUT2D eigenvalue weighted by Crippen LogP contribution is -2.00. The van der Waals surface area contributed by atoms with Gasteiger partial charge in [0.05, 0.1) is 7.11 Å². The predicted octanol–water partition coefficient (Wildman–Crippen LogP) is 1.87. The molecule has 0 saturated carbocycles. The van der Waals surface area contributed by atoms with E-state index in [0.717, 1.165) is 5.52 Å². The molecule has 0 unspecified atom stereocenters. The molecule has 4 nitrogen and oxygen atoms in total. The number of methoxy groups -OCH3 is 1. The van der Waals surface area contributed by atoms with Crippen LogP contribution >= 0.6 is 0 Å². The van der Waals surface area contributed by atoms with Gasteiger partial charge >= 0.3 is 5.97 Å². The van der Waals surface area contributed by atoms with Gasteiger partial charge in [0, 0.05) is 17.1 Å². The molecule has 0 bridgehead atoms. The molecule has 2 aromatic rings. The first kappa shape index (κ1) is 8.62. The van der Waals surface area contributed by atoms with Crippen LogP contribution in [0.2, 0.25) is 0 Å². The van der Waals surface area contributed by atoms with Crippen LogP contribution in [-0.2, 0) is 0 Å². The molecule has 2 N–H and O–H groups in total. The molecule has 4 heteroatoms. The smallest absolute Gasteiger partial charge is 0.340 e. The third kappa shape index (κ3) is 1.12. The number of carboxylic acid groups (broad SMARTS) is 1. The molecule has 2 rings (SSSR count). The van der Waals surface area contributed by atoms with Gasteiger partial charge in [-0.05, 0) is 18.2 Å². The summed E-state index contributed by atoms with van der Waals surface area (Å²) in [5, 5.41) is 9.68. The fraction of sp³-hybridized carbons (Fsp3) is 0.100. The zero-order valence-electron chi connectivity index (χ0n) is 7.57. The standard InChI is InChI=1S/C10H9NO3/c1-14-8-3-2-7-6(4-5-11-7)9(8)10(12)13/h2-5,11H,1H3,(H,12,13). The van der Waals surface area contributed by atoms with Crippen molar-refractivity contribution in [2.24, 2.45) is 0 Å². The highest BCUT2D eigenvalue weighted by atomic mass is 16.5. The minimum atomic E-state index is -0.980. The van der Waals surface area contributed by atoms with Crippen molar-refractivity contribution in [2.45, 2.75) is 0 Å². The van der Waals surface area contributed by atoms with E-state index in [1.54, 1.807) is 24.4 Å². The van der Waals surface area contributed by atoms with Crippen molar-refractivity contribution in [1.82, 2.24) is 4.98 Å². The quantitative estimate of drug-likeness (QED) is 0.761. The summed E-state index contributed by atoms with van der Waals surface area (Å²) < 4.78 is 4.99.